The summed E-state index contributed by atoms with van der Waals surface area (Å²) < 4.78 is 20.2. The number of methoxy groups -OCH3 is 1. The Hall–Kier alpha value is -3.45. The van der Waals surface area contributed by atoms with Gasteiger partial charge in [0.15, 0.2) is 5.60 Å². The standard InChI is InChI=1S/C37H59BN6O6/c1-10-30-37(7)33(44(35(47)50-37)18-12-11-17-43-22-29(40-41-43)27-14-13-15-28(39)20-27)26(5)42(8)19-16-23(2)21-36(6,48-9)32(38)24(3)31(45)25(4)34(46)49-30/h13-15,20,22-26,30,32-33H,10-12,16-19,21,38-39H2,1-9H3/t23-,24+,25-,26+,30-,32-,33-,36-,37-/m1/s1. The number of benzene rings is 1. The van der Waals surface area contributed by atoms with E-state index in [0.29, 0.717) is 37.5 Å². The van der Waals surface area contributed by atoms with E-state index in [1.807, 2.05) is 64.0 Å². The fourth-order valence-corrected chi connectivity index (χ4v) is 8.00. The molecule has 1 aromatic carbocycles. The van der Waals surface area contributed by atoms with Gasteiger partial charge in [-0.25, -0.2) is 4.79 Å². The number of cyclic esters (lactones) is 1. The first-order chi connectivity index (χ1) is 23.6. The lowest BCUT2D eigenvalue weighted by Crippen LogP contribution is -2.61. The Morgan fingerprint density at radius 1 is 1.10 bits per heavy atom. The monoisotopic (exact) mass is 694 g/mol. The van der Waals surface area contributed by atoms with E-state index < -0.39 is 47.2 Å². The third kappa shape index (κ3) is 8.36. The number of rotatable bonds is 8. The van der Waals surface area contributed by atoms with E-state index >= 15 is 0 Å². The SMILES string of the molecule is B[C@@H]1[C@@H](C)C(=O)[C@@H](C)C(=O)O[C@H](CC)[C@@]2(C)OC(=O)N(CCCCn3cc(-c4cccc(N)c4)nn3)[C@@H]2[C@H](C)N(C)CC[C@@H](C)C[C@@]1(C)OC. The number of anilines is 1. The molecule has 2 saturated heterocycles. The van der Waals surface area contributed by atoms with Gasteiger partial charge in [-0.3, -0.25) is 19.2 Å². The Labute approximate surface area is 299 Å². The molecule has 1 amide bonds. The fraction of sp³-hybridized carbons (Fsp3) is 0.703. The number of likely N-dealkylation sites (N-methyl/N-ethyl adjacent to an activating group) is 1. The smallest absolute Gasteiger partial charge is 0.410 e. The van der Waals surface area contributed by atoms with Crippen molar-refractivity contribution in [3.8, 4) is 11.3 Å². The van der Waals surface area contributed by atoms with Gasteiger partial charge in [0.1, 0.15) is 31.3 Å². The van der Waals surface area contributed by atoms with Gasteiger partial charge < -0.3 is 24.8 Å². The normalized spacial score (nSPS) is 33.6. The Bertz CT molecular complexity index is 1490. The number of nitrogen functional groups attached to an aromatic ring is 1. The van der Waals surface area contributed by atoms with Crippen LogP contribution in [-0.2, 0) is 30.3 Å². The van der Waals surface area contributed by atoms with Crippen molar-refractivity contribution < 1.29 is 28.6 Å². The molecule has 1 aromatic heterocycles. The number of nitrogens with zero attached hydrogens (tertiary/aromatic N) is 5. The number of esters is 1. The Balaban J connectivity index is 1.56. The molecule has 4 rings (SSSR count). The first-order valence-corrected chi connectivity index (χ1v) is 18.3. The molecule has 0 saturated carbocycles. The van der Waals surface area contributed by atoms with Gasteiger partial charge in [-0.15, -0.1) is 5.10 Å². The average molecular weight is 695 g/mol. The number of unbranched alkanes of at least 4 members (excludes halogenated alkanes) is 1. The largest absolute Gasteiger partial charge is 0.458 e. The van der Waals surface area contributed by atoms with E-state index in [1.165, 1.54) is 0 Å². The third-order valence-corrected chi connectivity index (χ3v) is 11.8. The van der Waals surface area contributed by atoms with Crippen molar-refractivity contribution in [2.45, 2.75) is 122 Å². The number of nitrogens with two attached hydrogens (primary N) is 1. The molecule has 2 fully saturated rings. The van der Waals surface area contributed by atoms with Gasteiger partial charge in [-0.1, -0.05) is 38.1 Å². The highest BCUT2D eigenvalue weighted by atomic mass is 16.6. The van der Waals surface area contributed by atoms with E-state index in [-0.39, 0.29) is 17.6 Å². The second kappa shape index (κ2) is 16.3. The summed E-state index contributed by atoms with van der Waals surface area (Å²) in [7, 11) is 5.82. The summed E-state index contributed by atoms with van der Waals surface area (Å²) in [5, 5.41) is 8.60. The molecule has 2 aliphatic rings. The quantitative estimate of drug-likeness (QED) is 0.137. The predicted molar refractivity (Wildman–Crippen MR) is 196 cm³/mol. The number of fused-ring (bicyclic) bond motifs is 1. The predicted octanol–water partition coefficient (Wildman–Crippen LogP) is 4.63. The molecule has 2 aliphatic heterocycles. The number of hydrogen-bond acceptors (Lipinski definition) is 10. The summed E-state index contributed by atoms with van der Waals surface area (Å²) in [5.74, 6) is -1.98. The number of carbonyl (C=O) groups excluding carboxylic acids is 3. The van der Waals surface area contributed by atoms with Crippen molar-refractivity contribution in [3.63, 3.8) is 0 Å². The Morgan fingerprint density at radius 3 is 2.46 bits per heavy atom. The maximum atomic E-state index is 13.7. The summed E-state index contributed by atoms with van der Waals surface area (Å²) in [6.45, 7) is 15.6. The zero-order valence-corrected chi connectivity index (χ0v) is 31.8. The number of carbonyl (C=O) groups is 3. The van der Waals surface area contributed by atoms with Crippen LogP contribution in [0.15, 0.2) is 30.5 Å². The first-order valence-electron chi connectivity index (χ1n) is 18.3. The number of hydrogen-bond donors (Lipinski definition) is 1. The number of aromatic nitrogens is 3. The van der Waals surface area contributed by atoms with Crippen LogP contribution in [0.5, 0.6) is 0 Å². The highest BCUT2D eigenvalue weighted by Crippen LogP contribution is 2.41. The molecule has 9 atom stereocenters. The molecule has 0 bridgehead atoms. The maximum absolute atomic E-state index is 13.7. The lowest BCUT2D eigenvalue weighted by Gasteiger charge is -2.44. The first kappa shape index (κ1) is 39.3. The summed E-state index contributed by atoms with van der Waals surface area (Å²) in [6.07, 6.45) is 4.29. The molecule has 0 spiro atoms. The molecule has 2 aromatic rings. The molecule has 0 unspecified atom stereocenters. The molecule has 2 N–H and O–H groups in total. The number of ether oxygens (including phenoxy) is 3. The summed E-state index contributed by atoms with van der Waals surface area (Å²) >= 11 is 0. The molecule has 12 nitrogen and oxygen atoms in total. The zero-order chi connectivity index (χ0) is 37.0. The number of amides is 1. The van der Waals surface area contributed by atoms with Crippen LogP contribution in [0.25, 0.3) is 11.3 Å². The van der Waals surface area contributed by atoms with Crippen LogP contribution in [0.4, 0.5) is 10.5 Å². The Kier molecular flexibility index (Phi) is 12.8. The van der Waals surface area contributed by atoms with Crippen LogP contribution in [0.3, 0.4) is 0 Å². The van der Waals surface area contributed by atoms with Crippen LogP contribution in [-0.4, -0.2) is 107 Å². The molecule has 50 heavy (non-hydrogen) atoms. The molecule has 13 heteroatoms. The van der Waals surface area contributed by atoms with E-state index in [2.05, 4.69) is 43.0 Å². The molecule has 276 valence electrons. The molecule has 0 aliphatic carbocycles. The van der Waals surface area contributed by atoms with E-state index in [0.717, 1.165) is 37.1 Å². The fourth-order valence-electron chi connectivity index (χ4n) is 8.00. The average Bonchev–Trinajstić information content (AvgIpc) is 3.67. The van der Waals surface area contributed by atoms with Gasteiger partial charge in [0, 0.05) is 43.4 Å². The highest BCUT2D eigenvalue weighted by molar-refractivity contribution is 6.15. The Morgan fingerprint density at radius 2 is 1.80 bits per heavy atom. The van der Waals surface area contributed by atoms with E-state index in [1.54, 1.807) is 18.7 Å². The van der Waals surface area contributed by atoms with E-state index in [4.69, 9.17) is 19.9 Å². The van der Waals surface area contributed by atoms with Crippen molar-refractivity contribution in [2.75, 3.05) is 33.0 Å². The van der Waals surface area contributed by atoms with Gasteiger partial charge in [0.05, 0.1) is 17.8 Å². The summed E-state index contributed by atoms with van der Waals surface area (Å²) in [6, 6.07) is 7.02. The number of Topliss-reactive ketones (excluding diaryl/α,β-unsaturated/α-hetero) is 1. The topological polar surface area (TPSA) is 142 Å². The number of ketones is 1. The van der Waals surface area contributed by atoms with Crippen molar-refractivity contribution in [1.29, 1.82) is 0 Å². The van der Waals surface area contributed by atoms with Gasteiger partial charge >= 0.3 is 12.1 Å². The lowest BCUT2D eigenvalue weighted by molar-refractivity contribution is -0.171. The minimum absolute atomic E-state index is 0.120. The highest BCUT2D eigenvalue weighted by Gasteiger charge is 2.59. The third-order valence-electron chi connectivity index (χ3n) is 11.8. The summed E-state index contributed by atoms with van der Waals surface area (Å²) in [4.78, 5) is 45.2. The lowest BCUT2D eigenvalue weighted by atomic mass is 9.62. The van der Waals surface area contributed by atoms with Crippen LogP contribution in [0.1, 0.15) is 80.6 Å². The molecular weight excluding hydrogens is 635 g/mol. The van der Waals surface area contributed by atoms with Crippen LogP contribution in [0.2, 0.25) is 5.82 Å². The molecular formula is C37H59BN6O6. The number of aryl methyl sites for hydroxylation is 1. The van der Waals surface area contributed by atoms with Crippen molar-refractivity contribution in [3.05, 3.63) is 30.5 Å². The zero-order valence-electron chi connectivity index (χ0n) is 31.8. The van der Waals surface area contributed by atoms with E-state index in [9.17, 15) is 14.4 Å². The second-order valence-electron chi connectivity index (χ2n) is 15.3. The minimum Gasteiger partial charge on any atom is -0.458 e. The van der Waals surface area contributed by atoms with Crippen molar-refractivity contribution in [2.24, 2.45) is 17.8 Å². The van der Waals surface area contributed by atoms with Gasteiger partial charge in [0.2, 0.25) is 0 Å². The van der Waals surface area contributed by atoms with Gasteiger partial charge in [-0.2, -0.15) is 0 Å². The van der Waals surface area contributed by atoms with Crippen molar-refractivity contribution >= 4 is 31.4 Å². The maximum Gasteiger partial charge on any atom is 0.410 e. The van der Waals surface area contributed by atoms with Crippen LogP contribution >= 0.6 is 0 Å². The van der Waals surface area contributed by atoms with Gasteiger partial charge in [0.25, 0.3) is 0 Å². The van der Waals surface area contributed by atoms with Gasteiger partial charge in [-0.05, 0) is 97.3 Å². The minimum atomic E-state index is -1.13. The summed E-state index contributed by atoms with van der Waals surface area (Å²) in [5.41, 5.74) is 6.59. The molecule has 3 heterocycles. The molecule has 0 radical (unpaired) electrons. The van der Waals surface area contributed by atoms with Crippen LogP contribution < -0.4 is 5.73 Å². The second-order valence-corrected chi connectivity index (χ2v) is 15.3. The van der Waals surface area contributed by atoms with Crippen molar-refractivity contribution in [1.82, 2.24) is 24.8 Å². The van der Waals surface area contributed by atoms with Crippen LogP contribution in [0, 0.1) is 17.8 Å².